The first-order valence-corrected chi connectivity index (χ1v) is 13.4. The molecule has 0 aliphatic carbocycles. The standard InChI is InChI=1S/C29H45FN2O/c1-3-5-6-7-8-9-10-11-12-13-14-16-25-23-31-29(32-24-25)26-17-19-28(20-18-26)33-22-21-27(30)15-4-2/h17-20,23-24,27H,3-16,21-22H2,1-2H3. The maximum Gasteiger partial charge on any atom is 0.159 e. The molecule has 0 aliphatic rings. The summed E-state index contributed by atoms with van der Waals surface area (Å²) >= 11 is 0. The number of benzene rings is 1. The number of hydrogen-bond donors (Lipinski definition) is 0. The highest BCUT2D eigenvalue weighted by Crippen LogP contribution is 2.20. The van der Waals surface area contributed by atoms with Gasteiger partial charge >= 0.3 is 0 Å². The number of aryl methyl sites for hydroxylation is 1. The highest BCUT2D eigenvalue weighted by Gasteiger charge is 2.06. The summed E-state index contributed by atoms with van der Waals surface area (Å²) in [4.78, 5) is 9.11. The Kier molecular flexibility index (Phi) is 14.5. The van der Waals surface area contributed by atoms with Crippen LogP contribution in [0, 0.1) is 0 Å². The molecule has 0 amide bonds. The molecule has 1 heterocycles. The molecule has 0 aliphatic heterocycles. The second-order valence-corrected chi connectivity index (χ2v) is 9.25. The summed E-state index contributed by atoms with van der Waals surface area (Å²) in [7, 11) is 0. The molecule has 0 spiro atoms. The van der Waals surface area contributed by atoms with Crippen molar-refractivity contribution in [2.45, 2.75) is 116 Å². The Morgan fingerprint density at radius 1 is 0.727 bits per heavy atom. The molecule has 1 unspecified atom stereocenters. The molecule has 4 heteroatoms. The van der Waals surface area contributed by atoms with Crippen LogP contribution in [0.5, 0.6) is 5.75 Å². The SMILES string of the molecule is CCCCCCCCCCCCCc1cnc(-c2ccc(OCCC(F)CCC)cc2)nc1. The summed E-state index contributed by atoms with van der Waals surface area (Å²) in [5, 5.41) is 0. The van der Waals surface area contributed by atoms with E-state index in [1.54, 1.807) is 0 Å². The molecule has 2 aromatic rings. The van der Waals surface area contributed by atoms with Crippen LogP contribution in [0.15, 0.2) is 36.7 Å². The fourth-order valence-electron chi connectivity index (χ4n) is 4.09. The minimum absolute atomic E-state index is 0.407. The van der Waals surface area contributed by atoms with Gasteiger partial charge in [-0.25, -0.2) is 14.4 Å². The predicted molar refractivity (Wildman–Crippen MR) is 138 cm³/mol. The Morgan fingerprint density at radius 3 is 1.88 bits per heavy atom. The van der Waals surface area contributed by atoms with E-state index < -0.39 is 6.17 Å². The van der Waals surface area contributed by atoms with Crippen molar-refractivity contribution in [3.63, 3.8) is 0 Å². The van der Waals surface area contributed by atoms with Gasteiger partial charge in [0.15, 0.2) is 5.82 Å². The molecule has 184 valence electrons. The quantitative estimate of drug-likeness (QED) is 0.198. The Hall–Kier alpha value is -1.97. The number of unbranched alkanes of at least 4 members (excludes halogenated alkanes) is 10. The molecular weight excluding hydrogens is 411 g/mol. The van der Waals surface area contributed by atoms with Crippen LogP contribution in [0.1, 0.15) is 109 Å². The summed E-state index contributed by atoms with van der Waals surface area (Å²) in [6, 6.07) is 7.75. The molecule has 1 aromatic heterocycles. The zero-order valence-corrected chi connectivity index (χ0v) is 21.0. The number of nitrogens with zero attached hydrogens (tertiary/aromatic N) is 2. The van der Waals surface area contributed by atoms with E-state index in [-0.39, 0.29) is 0 Å². The minimum Gasteiger partial charge on any atom is -0.493 e. The predicted octanol–water partition coefficient (Wildman–Crippen LogP) is 8.90. The number of alkyl halides is 1. The van der Waals surface area contributed by atoms with E-state index in [1.807, 2.05) is 43.6 Å². The minimum atomic E-state index is -0.772. The largest absolute Gasteiger partial charge is 0.493 e. The molecule has 0 saturated heterocycles. The number of halogens is 1. The highest BCUT2D eigenvalue weighted by molar-refractivity contribution is 5.55. The van der Waals surface area contributed by atoms with Crippen LogP contribution < -0.4 is 4.74 Å². The molecule has 0 radical (unpaired) electrons. The third-order valence-corrected chi connectivity index (χ3v) is 6.19. The van der Waals surface area contributed by atoms with E-state index in [0.29, 0.717) is 19.4 Å². The van der Waals surface area contributed by atoms with E-state index in [1.165, 1.54) is 76.2 Å². The van der Waals surface area contributed by atoms with E-state index >= 15 is 0 Å². The van der Waals surface area contributed by atoms with Gasteiger partial charge in [-0.1, -0.05) is 84.5 Å². The lowest BCUT2D eigenvalue weighted by molar-refractivity contribution is 0.225. The Bertz CT molecular complexity index is 717. The molecule has 33 heavy (non-hydrogen) atoms. The number of rotatable bonds is 19. The van der Waals surface area contributed by atoms with Gasteiger partial charge in [0, 0.05) is 24.4 Å². The Morgan fingerprint density at radius 2 is 1.30 bits per heavy atom. The van der Waals surface area contributed by atoms with Crippen LogP contribution in [0.2, 0.25) is 0 Å². The van der Waals surface area contributed by atoms with Gasteiger partial charge < -0.3 is 4.74 Å². The molecule has 2 rings (SSSR count). The molecule has 0 bridgehead atoms. The molecule has 0 N–H and O–H groups in total. The van der Waals surface area contributed by atoms with Crippen LogP contribution in [-0.4, -0.2) is 22.7 Å². The molecular formula is C29H45FN2O. The first-order valence-electron chi connectivity index (χ1n) is 13.4. The molecule has 1 atom stereocenters. The van der Waals surface area contributed by atoms with E-state index in [9.17, 15) is 4.39 Å². The molecule has 3 nitrogen and oxygen atoms in total. The summed E-state index contributed by atoms with van der Waals surface area (Å²) in [6.45, 7) is 4.68. The van der Waals surface area contributed by atoms with Crippen molar-refractivity contribution in [1.29, 1.82) is 0 Å². The lowest BCUT2D eigenvalue weighted by Crippen LogP contribution is -2.07. The number of ether oxygens (including phenoxy) is 1. The van der Waals surface area contributed by atoms with E-state index in [0.717, 1.165) is 30.0 Å². The van der Waals surface area contributed by atoms with E-state index in [4.69, 9.17) is 4.74 Å². The second kappa shape index (κ2) is 17.5. The normalized spacial score (nSPS) is 12.1. The first kappa shape index (κ1) is 27.3. The summed E-state index contributed by atoms with van der Waals surface area (Å²) in [5.74, 6) is 1.49. The topological polar surface area (TPSA) is 35.0 Å². The Labute approximate surface area is 201 Å². The van der Waals surface area contributed by atoms with Crippen molar-refractivity contribution in [3.05, 3.63) is 42.2 Å². The lowest BCUT2D eigenvalue weighted by atomic mass is 10.0. The maximum absolute atomic E-state index is 13.5. The average Bonchev–Trinajstić information content (AvgIpc) is 2.83. The monoisotopic (exact) mass is 456 g/mol. The average molecular weight is 457 g/mol. The zero-order chi connectivity index (χ0) is 23.6. The third kappa shape index (κ3) is 12.2. The van der Waals surface area contributed by atoms with Gasteiger partial charge in [0.2, 0.25) is 0 Å². The highest BCUT2D eigenvalue weighted by atomic mass is 19.1. The van der Waals surface area contributed by atoms with Crippen molar-refractivity contribution >= 4 is 0 Å². The van der Waals surface area contributed by atoms with Gasteiger partial charge in [-0.2, -0.15) is 0 Å². The van der Waals surface area contributed by atoms with Crippen molar-refractivity contribution in [1.82, 2.24) is 9.97 Å². The summed E-state index contributed by atoms with van der Waals surface area (Å²) in [6.07, 6.45) is 21.1. The van der Waals surface area contributed by atoms with Crippen molar-refractivity contribution in [2.75, 3.05) is 6.61 Å². The van der Waals surface area contributed by atoms with Crippen LogP contribution in [0.4, 0.5) is 4.39 Å². The fraction of sp³-hybridized carbons (Fsp3) is 0.655. The van der Waals surface area contributed by atoms with Gasteiger partial charge in [-0.05, 0) is 49.1 Å². The van der Waals surface area contributed by atoms with Crippen molar-refractivity contribution in [3.8, 4) is 17.1 Å². The van der Waals surface area contributed by atoms with Crippen LogP contribution in [0.25, 0.3) is 11.4 Å². The van der Waals surface area contributed by atoms with Gasteiger partial charge in [0.05, 0.1) is 6.61 Å². The van der Waals surface area contributed by atoms with Crippen LogP contribution in [0.3, 0.4) is 0 Å². The maximum atomic E-state index is 13.5. The summed E-state index contributed by atoms with van der Waals surface area (Å²) in [5.41, 5.74) is 2.18. The first-order chi connectivity index (χ1) is 16.2. The van der Waals surface area contributed by atoms with Gasteiger partial charge in [0.1, 0.15) is 11.9 Å². The fourth-order valence-corrected chi connectivity index (χ4v) is 4.09. The van der Waals surface area contributed by atoms with Gasteiger partial charge in [-0.3, -0.25) is 0 Å². The smallest absolute Gasteiger partial charge is 0.159 e. The third-order valence-electron chi connectivity index (χ3n) is 6.19. The number of hydrogen-bond acceptors (Lipinski definition) is 3. The lowest BCUT2D eigenvalue weighted by Gasteiger charge is -2.09. The van der Waals surface area contributed by atoms with Crippen LogP contribution >= 0.6 is 0 Å². The Balaban J connectivity index is 1.59. The van der Waals surface area contributed by atoms with Crippen LogP contribution in [-0.2, 0) is 6.42 Å². The van der Waals surface area contributed by atoms with Gasteiger partial charge in [-0.15, -0.1) is 0 Å². The zero-order valence-electron chi connectivity index (χ0n) is 21.0. The number of aromatic nitrogens is 2. The second-order valence-electron chi connectivity index (χ2n) is 9.25. The van der Waals surface area contributed by atoms with Gasteiger partial charge in [0.25, 0.3) is 0 Å². The van der Waals surface area contributed by atoms with Crippen molar-refractivity contribution < 1.29 is 9.13 Å². The molecule has 0 fully saturated rings. The summed E-state index contributed by atoms with van der Waals surface area (Å²) < 4.78 is 19.2. The van der Waals surface area contributed by atoms with Crippen molar-refractivity contribution in [2.24, 2.45) is 0 Å². The van der Waals surface area contributed by atoms with E-state index in [2.05, 4.69) is 16.9 Å². The molecule has 0 saturated carbocycles. The molecule has 1 aromatic carbocycles.